The summed E-state index contributed by atoms with van der Waals surface area (Å²) in [6.07, 6.45) is 2.45. The van der Waals surface area contributed by atoms with Crippen molar-refractivity contribution in [2.24, 2.45) is 5.18 Å². The van der Waals surface area contributed by atoms with Gasteiger partial charge in [0.15, 0.2) is 0 Å². The van der Waals surface area contributed by atoms with Crippen molar-refractivity contribution >= 4 is 10.9 Å². The second-order valence-electron chi connectivity index (χ2n) is 3.15. The van der Waals surface area contributed by atoms with Crippen molar-refractivity contribution < 1.29 is 5.11 Å². The number of nitroso groups, excluding NO2 is 1. The van der Waals surface area contributed by atoms with Gasteiger partial charge in [0.1, 0.15) is 5.75 Å². The van der Waals surface area contributed by atoms with Crippen molar-refractivity contribution in [2.75, 3.05) is 6.54 Å². The Bertz CT molecular complexity index is 462. The first kappa shape index (κ1) is 8.74. The molecule has 0 saturated carbocycles. The molecule has 0 aliphatic carbocycles. The number of aromatic nitrogens is 1. The molecule has 14 heavy (non-hydrogen) atoms. The highest BCUT2D eigenvalue weighted by atomic mass is 16.3. The first-order valence-corrected chi connectivity index (χ1v) is 4.39. The Morgan fingerprint density at radius 3 is 3.07 bits per heavy atom. The molecule has 4 nitrogen and oxygen atoms in total. The lowest BCUT2D eigenvalue weighted by molar-refractivity contribution is 0.476. The van der Waals surface area contributed by atoms with Gasteiger partial charge in [-0.1, -0.05) is 5.18 Å². The molecule has 0 amide bonds. The fourth-order valence-electron chi connectivity index (χ4n) is 1.54. The molecule has 0 fully saturated rings. The SMILES string of the molecule is O=NCCc1c[nH]c2ccc(O)cc12. The van der Waals surface area contributed by atoms with E-state index in [2.05, 4.69) is 10.2 Å². The molecule has 1 heterocycles. The molecule has 0 saturated heterocycles. The van der Waals surface area contributed by atoms with Crippen LogP contribution in [0.15, 0.2) is 29.6 Å². The number of fused-ring (bicyclic) bond motifs is 1. The first-order valence-electron chi connectivity index (χ1n) is 4.39. The van der Waals surface area contributed by atoms with Gasteiger partial charge in [-0.2, -0.15) is 4.91 Å². The van der Waals surface area contributed by atoms with Crippen LogP contribution in [-0.2, 0) is 6.42 Å². The smallest absolute Gasteiger partial charge is 0.116 e. The third-order valence-corrected chi connectivity index (χ3v) is 2.22. The van der Waals surface area contributed by atoms with Gasteiger partial charge in [-0.3, -0.25) is 0 Å². The van der Waals surface area contributed by atoms with Crippen LogP contribution in [0.3, 0.4) is 0 Å². The first-order chi connectivity index (χ1) is 6.81. The molecule has 4 heteroatoms. The molecule has 0 unspecified atom stereocenters. The van der Waals surface area contributed by atoms with Crippen LogP contribution in [-0.4, -0.2) is 16.6 Å². The molecule has 0 bridgehead atoms. The zero-order valence-corrected chi connectivity index (χ0v) is 7.53. The molecule has 0 radical (unpaired) electrons. The minimum atomic E-state index is 0.234. The van der Waals surface area contributed by atoms with E-state index in [1.165, 1.54) is 0 Å². The zero-order valence-electron chi connectivity index (χ0n) is 7.53. The van der Waals surface area contributed by atoms with Crippen LogP contribution in [0.2, 0.25) is 0 Å². The number of nitrogens with zero attached hydrogens (tertiary/aromatic N) is 1. The van der Waals surface area contributed by atoms with Crippen molar-refractivity contribution in [1.29, 1.82) is 0 Å². The number of rotatable bonds is 3. The Morgan fingerprint density at radius 1 is 1.43 bits per heavy atom. The van der Waals surface area contributed by atoms with E-state index in [9.17, 15) is 10.0 Å². The average molecular weight is 190 g/mol. The molecule has 2 N–H and O–H groups in total. The number of benzene rings is 1. The summed E-state index contributed by atoms with van der Waals surface area (Å²) in [7, 11) is 0. The fourth-order valence-corrected chi connectivity index (χ4v) is 1.54. The molecular formula is C10H10N2O2. The van der Waals surface area contributed by atoms with Gasteiger partial charge in [0.25, 0.3) is 0 Å². The van der Waals surface area contributed by atoms with E-state index in [-0.39, 0.29) is 12.3 Å². The summed E-state index contributed by atoms with van der Waals surface area (Å²) in [4.78, 5) is 13.1. The predicted molar refractivity (Wildman–Crippen MR) is 54.3 cm³/mol. The highest BCUT2D eigenvalue weighted by Crippen LogP contribution is 2.23. The highest BCUT2D eigenvalue weighted by molar-refractivity contribution is 5.84. The normalized spacial score (nSPS) is 10.6. The molecule has 1 aromatic carbocycles. The van der Waals surface area contributed by atoms with Gasteiger partial charge in [-0.15, -0.1) is 0 Å². The Balaban J connectivity index is 2.44. The van der Waals surface area contributed by atoms with Gasteiger partial charge in [-0.05, 0) is 30.2 Å². The van der Waals surface area contributed by atoms with Crippen LogP contribution in [0.4, 0.5) is 0 Å². The third kappa shape index (κ3) is 1.46. The molecule has 0 aliphatic heterocycles. The molecule has 0 atom stereocenters. The molecule has 72 valence electrons. The van der Waals surface area contributed by atoms with Crippen molar-refractivity contribution in [2.45, 2.75) is 6.42 Å². The zero-order chi connectivity index (χ0) is 9.97. The van der Waals surface area contributed by atoms with Crippen LogP contribution in [0.25, 0.3) is 10.9 Å². The lowest BCUT2D eigenvalue weighted by Crippen LogP contribution is -1.85. The Kier molecular flexibility index (Phi) is 2.18. The second-order valence-corrected chi connectivity index (χ2v) is 3.15. The molecule has 0 aliphatic rings. The summed E-state index contributed by atoms with van der Waals surface area (Å²) in [5, 5.41) is 13.1. The number of H-pyrrole nitrogens is 1. The minimum absolute atomic E-state index is 0.234. The third-order valence-electron chi connectivity index (χ3n) is 2.22. The van der Waals surface area contributed by atoms with Gasteiger partial charge in [0, 0.05) is 17.1 Å². The largest absolute Gasteiger partial charge is 0.508 e. The van der Waals surface area contributed by atoms with Gasteiger partial charge in [0.05, 0.1) is 6.54 Å². The maximum Gasteiger partial charge on any atom is 0.116 e. The van der Waals surface area contributed by atoms with E-state index in [0.717, 1.165) is 16.5 Å². The number of hydrogen-bond acceptors (Lipinski definition) is 3. The molecule has 2 aromatic rings. The number of phenols is 1. The van der Waals surface area contributed by atoms with Crippen LogP contribution in [0.1, 0.15) is 5.56 Å². The monoisotopic (exact) mass is 190 g/mol. The van der Waals surface area contributed by atoms with E-state index in [1.807, 2.05) is 12.3 Å². The minimum Gasteiger partial charge on any atom is -0.508 e. The lowest BCUT2D eigenvalue weighted by Gasteiger charge is -1.95. The summed E-state index contributed by atoms with van der Waals surface area (Å²) in [6.45, 7) is 0.266. The summed E-state index contributed by atoms with van der Waals surface area (Å²) in [6, 6.07) is 5.12. The van der Waals surface area contributed by atoms with Crippen molar-refractivity contribution in [3.8, 4) is 5.75 Å². The van der Waals surface area contributed by atoms with E-state index in [0.29, 0.717) is 6.42 Å². The van der Waals surface area contributed by atoms with Gasteiger partial charge < -0.3 is 10.1 Å². The van der Waals surface area contributed by atoms with Crippen molar-refractivity contribution in [3.63, 3.8) is 0 Å². The quantitative estimate of drug-likeness (QED) is 0.728. The number of nitrogens with one attached hydrogen (secondary N) is 1. The summed E-state index contributed by atoms with van der Waals surface area (Å²) >= 11 is 0. The molecule has 0 spiro atoms. The van der Waals surface area contributed by atoms with Crippen molar-refractivity contribution in [3.05, 3.63) is 34.9 Å². The number of hydrogen-bond donors (Lipinski definition) is 2. The second kappa shape index (κ2) is 3.49. The summed E-state index contributed by atoms with van der Waals surface area (Å²) < 4.78 is 0. The Morgan fingerprint density at radius 2 is 2.29 bits per heavy atom. The van der Waals surface area contributed by atoms with Crippen LogP contribution >= 0.6 is 0 Å². The Hall–Kier alpha value is -1.84. The Labute approximate surface area is 80.5 Å². The van der Waals surface area contributed by atoms with E-state index in [1.54, 1.807) is 12.1 Å². The van der Waals surface area contributed by atoms with E-state index in [4.69, 9.17) is 0 Å². The summed E-state index contributed by atoms with van der Waals surface area (Å²) in [5.41, 5.74) is 1.97. The number of aromatic hydroxyl groups is 1. The average Bonchev–Trinajstić information content (AvgIpc) is 2.57. The highest BCUT2D eigenvalue weighted by Gasteiger charge is 2.03. The van der Waals surface area contributed by atoms with E-state index >= 15 is 0 Å². The summed E-state index contributed by atoms with van der Waals surface area (Å²) in [5.74, 6) is 0.234. The van der Waals surface area contributed by atoms with Gasteiger partial charge in [-0.25, -0.2) is 0 Å². The van der Waals surface area contributed by atoms with Crippen LogP contribution in [0, 0.1) is 4.91 Å². The number of phenolic OH excluding ortho intramolecular Hbond substituents is 1. The number of aromatic amines is 1. The standard InChI is InChI=1S/C10H10N2O2/c13-8-1-2-10-9(5-8)7(6-11-10)3-4-12-14/h1-2,5-6,11,13H,3-4H2. The van der Waals surface area contributed by atoms with Gasteiger partial charge >= 0.3 is 0 Å². The molecular weight excluding hydrogens is 180 g/mol. The molecule has 1 aromatic heterocycles. The maximum absolute atomic E-state index is 9.99. The lowest BCUT2D eigenvalue weighted by atomic mass is 10.1. The maximum atomic E-state index is 9.99. The van der Waals surface area contributed by atoms with Gasteiger partial charge in [0.2, 0.25) is 0 Å². The van der Waals surface area contributed by atoms with Crippen LogP contribution in [0.5, 0.6) is 5.75 Å². The van der Waals surface area contributed by atoms with Crippen LogP contribution < -0.4 is 0 Å². The van der Waals surface area contributed by atoms with Crippen molar-refractivity contribution in [1.82, 2.24) is 4.98 Å². The molecule has 2 rings (SSSR count). The predicted octanol–water partition coefficient (Wildman–Crippen LogP) is 2.18. The van der Waals surface area contributed by atoms with E-state index < -0.39 is 0 Å². The topological polar surface area (TPSA) is 65.5 Å². The fraction of sp³-hybridized carbons (Fsp3) is 0.200.